The van der Waals surface area contributed by atoms with E-state index in [4.69, 9.17) is 0 Å². The Kier molecular flexibility index (Phi) is 3.90. The summed E-state index contributed by atoms with van der Waals surface area (Å²) in [6.07, 6.45) is 3.61. The maximum atomic E-state index is 11.4. The number of carbonyl (C=O) groups excluding carboxylic acids is 1. The van der Waals surface area contributed by atoms with Crippen LogP contribution in [-0.2, 0) is 4.74 Å². The van der Waals surface area contributed by atoms with Gasteiger partial charge in [-0.3, -0.25) is 0 Å². The molecule has 0 unspecified atom stereocenters. The van der Waals surface area contributed by atoms with Gasteiger partial charge >= 0.3 is 5.97 Å². The Morgan fingerprint density at radius 2 is 2.22 bits per heavy atom. The Labute approximate surface area is 112 Å². The molecule has 1 aromatic rings. The van der Waals surface area contributed by atoms with E-state index in [2.05, 4.69) is 28.5 Å². The summed E-state index contributed by atoms with van der Waals surface area (Å²) in [5.74, 6) is -0.354. The lowest BCUT2D eigenvalue weighted by atomic mass is 9.78. The van der Waals surface area contributed by atoms with Crippen LogP contribution in [0.25, 0.3) is 0 Å². The lowest BCUT2D eigenvalue weighted by molar-refractivity contribution is 0.0595. The zero-order valence-corrected chi connectivity index (χ0v) is 12.0. The molecule has 0 aliphatic carbocycles. The van der Waals surface area contributed by atoms with Crippen LogP contribution in [0.1, 0.15) is 43.6 Å². The highest BCUT2D eigenvalue weighted by Gasteiger charge is 2.29. The van der Waals surface area contributed by atoms with E-state index in [9.17, 15) is 4.79 Å². The first-order valence-corrected chi connectivity index (χ1v) is 7.25. The predicted octanol–water partition coefficient (Wildman–Crippen LogP) is 2.95. The highest BCUT2D eigenvalue weighted by Crippen LogP contribution is 2.36. The standard InChI is InChI=1S/C13H20N2O2S/c1-4-13(2)5-7-15(8-6-13)12-14-10(9-18-12)11(16)17-3/h9H,4-8H2,1-3H3. The Bertz CT molecular complexity index is 422. The van der Waals surface area contributed by atoms with Gasteiger partial charge in [-0.2, -0.15) is 0 Å². The number of thiazole rings is 1. The van der Waals surface area contributed by atoms with Gasteiger partial charge in [0, 0.05) is 18.5 Å². The van der Waals surface area contributed by atoms with Crippen molar-refractivity contribution in [2.24, 2.45) is 5.41 Å². The summed E-state index contributed by atoms with van der Waals surface area (Å²) in [5.41, 5.74) is 0.889. The molecule has 100 valence electrons. The average molecular weight is 268 g/mol. The fourth-order valence-corrected chi connectivity index (χ4v) is 3.05. The SMILES string of the molecule is CCC1(C)CCN(c2nc(C(=O)OC)cs2)CC1. The second kappa shape index (κ2) is 5.26. The second-order valence-electron chi connectivity index (χ2n) is 5.16. The molecule has 1 aromatic heterocycles. The van der Waals surface area contributed by atoms with E-state index < -0.39 is 0 Å². The van der Waals surface area contributed by atoms with Crippen LogP contribution in [0.3, 0.4) is 0 Å². The third-order valence-corrected chi connectivity index (χ3v) is 4.88. The smallest absolute Gasteiger partial charge is 0.357 e. The normalized spacial score (nSPS) is 18.7. The van der Waals surface area contributed by atoms with Crippen LogP contribution in [0, 0.1) is 5.41 Å². The van der Waals surface area contributed by atoms with E-state index in [0.29, 0.717) is 11.1 Å². The second-order valence-corrected chi connectivity index (χ2v) is 5.99. The molecule has 18 heavy (non-hydrogen) atoms. The van der Waals surface area contributed by atoms with E-state index in [1.54, 1.807) is 5.38 Å². The number of anilines is 1. The van der Waals surface area contributed by atoms with Crippen molar-refractivity contribution in [1.29, 1.82) is 0 Å². The number of esters is 1. The number of piperidine rings is 1. The van der Waals surface area contributed by atoms with Crippen molar-refractivity contribution in [3.05, 3.63) is 11.1 Å². The Balaban J connectivity index is 2.02. The summed E-state index contributed by atoms with van der Waals surface area (Å²) in [6.45, 7) is 6.66. The number of aromatic nitrogens is 1. The molecule has 1 aliphatic heterocycles. The van der Waals surface area contributed by atoms with Gasteiger partial charge < -0.3 is 9.64 Å². The predicted molar refractivity (Wildman–Crippen MR) is 73.3 cm³/mol. The van der Waals surface area contributed by atoms with Crippen molar-refractivity contribution < 1.29 is 9.53 Å². The number of carbonyl (C=O) groups is 1. The topological polar surface area (TPSA) is 42.4 Å². The number of methoxy groups -OCH3 is 1. The summed E-state index contributed by atoms with van der Waals surface area (Å²) in [4.78, 5) is 18.0. The van der Waals surface area contributed by atoms with Gasteiger partial charge in [0.1, 0.15) is 0 Å². The van der Waals surface area contributed by atoms with E-state index in [1.807, 2.05) is 0 Å². The van der Waals surface area contributed by atoms with Gasteiger partial charge in [-0.15, -0.1) is 11.3 Å². The molecule has 2 rings (SSSR count). The molecule has 0 atom stereocenters. The fraction of sp³-hybridized carbons (Fsp3) is 0.692. The molecule has 1 fully saturated rings. The molecule has 5 heteroatoms. The molecule has 1 aliphatic rings. The van der Waals surface area contributed by atoms with Gasteiger partial charge in [0.15, 0.2) is 10.8 Å². The van der Waals surface area contributed by atoms with Gasteiger partial charge in [-0.05, 0) is 18.3 Å². The zero-order chi connectivity index (χ0) is 13.2. The zero-order valence-electron chi connectivity index (χ0n) is 11.2. The van der Waals surface area contributed by atoms with E-state index in [-0.39, 0.29) is 5.97 Å². The molecule has 0 spiro atoms. The molecule has 4 nitrogen and oxygen atoms in total. The fourth-order valence-electron chi connectivity index (χ4n) is 2.20. The molecule has 0 N–H and O–H groups in total. The molecule has 0 amide bonds. The van der Waals surface area contributed by atoms with Crippen LogP contribution in [0.2, 0.25) is 0 Å². The first-order valence-electron chi connectivity index (χ1n) is 6.37. The highest BCUT2D eigenvalue weighted by atomic mass is 32.1. The molecule has 2 heterocycles. The van der Waals surface area contributed by atoms with Crippen molar-refractivity contribution in [3.8, 4) is 0 Å². The number of hydrogen-bond donors (Lipinski definition) is 0. The first kappa shape index (κ1) is 13.3. The maximum absolute atomic E-state index is 11.4. The van der Waals surface area contributed by atoms with Crippen molar-refractivity contribution in [3.63, 3.8) is 0 Å². The van der Waals surface area contributed by atoms with Crippen molar-refractivity contribution in [2.45, 2.75) is 33.1 Å². The minimum atomic E-state index is -0.354. The Morgan fingerprint density at radius 1 is 1.56 bits per heavy atom. The lowest BCUT2D eigenvalue weighted by Crippen LogP contribution is -2.38. The number of hydrogen-bond acceptors (Lipinski definition) is 5. The van der Waals surface area contributed by atoms with Gasteiger partial charge in [0.05, 0.1) is 7.11 Å². The summed E-state index contributed by atoms with van der Waals surface area (Å²) >= 11 is 1.52. The van der Waals surface area contributed by atoms with Gasteiger partial charge in [0.25, 0.3) is 0 Å². The summed E-state index contributed by atoms with van der Waals surface area (Å²) in [7, 11) is 1.38. The Hall–Kier alpha value is -1.10. The third-order valence-electron chi connectivity index (χ3n) is 3.98. The number of ether oxygens (including phenoxy) is 1. The monoisotopic (exact) mass is 268 g/mol. The van der Waals surface area contributed by atoms with Crippen LogP contribution in [0.4, 0.5) is 5.13 Å². The molecule has 1 saturated heterocycles. The Morgan fingerprint density at radius 3 is 2.78 bits per heavy atom. The van der Waals surface area contributed by atoms with Crippen molar-refractivity contribution in [2.75, 3.05) is 25.1 Å². The van der Waals surface area contributed by atoms with E-state index >= 15 is 0 Å². The van der Waals surface area contributed by atoms with E-state index in [0.717, 1.165) is 18.2 Å². The minimum absolute atomic E-state index is 0.354. The van der Waals surface area contributed by atoms with Crippen LogP contribution in [0.15, 0.2) is 5.38 Å². The maximum Gasteiger partial charge on any atom is 0.357 e. The highest BCUT2D eigenvalue weighted by molar-refractivity contribution is 7.13. The van der Waals surface area contributed by atoms with Gasteiger partial charge in [-0.25, -0.2) is 9.78 Å². The van der Waals surface area contributed by atoms with Crippen LogP contribution in [0.5, 0.6) is 0 Å². The van der Waals surface area contributed by atoms with Crippen LogP contribution < -0.4 is 4.90 Å². The summed E-state index contributed by atoms with van der Waals surface area (Å²) in [6, 6.07) is 0. The summed E-state index contributed by atoms with van der Waals surface area (Å²) < 4.78 is 4.67. The number of rotatable bonds is 3. The average Bonchev–Trinajstić information content (AvgIpc) is 2.88. The van der Waals surface area contributed by atoms with Gasteiger partial charge in [0.2, 0.25) is 0 Å². The third kappa shape index (κ3) is 2.66. The number of nitrogens with zero attached hydrogens (tertiary/aromatic N) is 2. The molecule has 0 bridgehead atoms. The summed E-state index contributed by atoms with van der Waals surface area (Å²) in [5, 5.41) is 2.71. The van der Waals surface area contributed by atoms with Crippen molar-refractivity contribution >= 4 is 22.4 Å². The lowest BCUT2D eigenvalue weighted by Gasteiger charge is -2.38. The van der Waals surface area contributed by atoms with E-state index in [1.165, 1.54) is 37.7 Å². The molecule has 0 aromatic carbocycles. The molecular weight excluding hydrogens is 248 g/mol. The van der Waals surface area contributed by atoms with Crippen molar-refractivity contribution in [1.82, 2.24) is 4.98 Å². The molecule has 0 saturated carbocycles. The first-order chi connectivity index (χ1) is 8.58. The largest absolute Gasteiger partial charge is 0.464 e. The van der Waals surface area contributed by atoms with Gasteiger partial charge in [-0.1, -0.05) is 20.3 Å². The minimum Gasteiger partial charge on any atom is -0.464 e. The molecular formula is C13H20N2O2S. The van der Waals surface area contributed by atoms with Crippen LogP contribution in [-0.4, -0.2) is 31.2 Å². The molecule has 0 radical (unpaired) electrons. The van der Waals surface area contributed by atoms with Crippen LogP contribution >= 0.6 is 11.3 Å². The quantitative estimate of drug-likeness (QED) is 0.790.